The number of aryl methyl sites for hydroxylation is 2. The van der Waals surface area contributed by atoms with Crippen molar-refractivity contribution in [1.82, 2.24) is 20.5 Å². The summed E-state index contributed by atoms with van der Waals surface area (Å²) in [6.07, 6.45) is 2.25. The maximum atomic E-state index is 12.9. The smallest absolute Gasteiger partial charge is 0.251 e. The van der Waals surface area contributed by atoms with Gasteiger partial charge in [0, 0.05) is 16.8 Å². The number of rotatable bonds is 5. The van der Waals surface area contributed by atoms with Crippen molar-refractivity contribution in [3.8, 4) is 11.3 Å². The fourth-order valence-electron chi connectivity index (χ4n) is 3.20. The van der Waals surface area contributed by atoms with E-state index in [0.29, 0.717) is 11.5 Å². The summed E-state index contributed by atoms with van der Waals surface area (Å²) >= 11 is 0. The molecule has 3 aromatic rings. The van der Waals surface area contributed by atoms with Crippen molar-refractivity contribution < 1.29 is 4.79 Å². The van der Waals surface area contributed by atoms with Crippen LogP contribution >= 0.6 is 0 Å². The third-order valence-corrected chi connectivity index (χ3v) is 4.83. The molecule has 1 fully saturated rings. The molecule has 0 spiro atoms. The van der Waals surface area contributed by atoms with E-state index in [1.54, 1.807) is 0 Å². The molecule has 0 aliphatic heterocycles. The van der Waals surface area contributed by atoms with E-state index in [2.05, 4.69) is 20.5 Å². The van der Waals surface area contributed by atoms with Gasteiger partial charge in [0.25, 0.3) is 5.91 Å². The van der Waals surface area contributed by atoms with Crippen LogP contribution in [-0.2, 0) is 0 Å². The van der Waals surface area contributed by atoms with Gasteiger partial charge in [0.2, 0.25) is 0 Å². The molecule has 0 radical (unpaired) electrons. The van der Waals surface area contributed by atoms with Crippen LogP contribution in [0.25, 0.3) is 11.3 Å². The number of hydrogen-bond donors (Lipinski definition) is 1. The van der Waals surface area contributed by atoms with Crippen LogP contribution in [0.5, 0.6) is 0 Å². The van der Waals surface area contributed by atoms with Crippen molar-refractivity contribution in [3.05, 3.63) is 77.2 Å². The van der Waals surface area contributed by atoms with Gasteiger partial charge in [-0.1, -0.05) is 18.2 Å². The number of carbonyl (C=O) groups is 1. The molecule has 1 unspecified atom stereocenters. The molecular formula is C22H22N4O. The minimum absolute atomic E-state index is 0.0415. The van der Waals surface area contributed by atoms with Gasteiger partial charge in [-0.15, -0.1) is 0 Å². The molecule has 1 aliphatic carbocycles. The zero-order valence-electron chi connectivity index (χ0n) is 15.5. The average Bonchev–Trinajstić information content (AvgIpc) is 3.52. The van der Waals surface area contributed by atoms with E-state index < -0.39 is 0 Å². The summed E-state index contributed by atoms with van der Waals surface area (Å²) in [6.45, 7) is 3.87. The molecule has 2 heterocycles. The maximum Gasteiger partial charge on any atom is 0.251 e. The van der Waals surface area contributed by atoms with Crippen molar-refractivity contribution >= 4 is 5.91 Å². The van der Waals surface area contributed by atoms with E-state index in [-0.39, 0.29) is 11.9 Å². The molecule has 0 saturated heterocycles. The summed E-state index contributed by atoms with van der Waals surface area (Å²) in [4.78, 5) is 17.5. The minimum atomic E-state index is -0.0860. The second-order valence-electron chi connectivity index (χ2n) is 7.13. The van der Waals surface area contributed by atoms with Gasteiger partial charge >= 0.3 is 0 Å². The highest BCUT2D eigenvalue weighted by atomic mass is 16.1. The van der Waals surface area contributed by atoms with E-state index in [1.165, 1.54) is 0 Å². The zero-order valence-corrected chi connectivity index (χ0v) is 15.5. The number of carbonyl (C=O) groups excluding carboxylic acids is 1. The van der Waals surface area contributed by atoms with Crippen LogP contribution in [-0.4, -0.2) is 21.1 Å². The summed E-state index contributed by atoms with van der Waals surface area (Å²) in [6, 6.07) is 17.3. The Morgan fingerprint density at radius 1 is 1.00 bits per heavy atom. The number of amides is 1. The SMILES string of the molecule is Cc1ccc(-c2cccc(C(=O)NC(c3cccc(C)n3)C3CC3)c2)nn1. The van der Waals surface area contributed by atoms with Crippen molar-refractivity contribution in [2.24, 2.45) is 5.92 Å². The van der Waals surface area contributed by atoms with Gasteiger partial charge in [-0.25, -0.2) is 0 Å². The van der Waals surface area contributed by atoms with Gasteiger partial charge in [-0.3, -0.25) is 9.78 Å². The number of hydrogen-bond acceptors (Lipinski definition) is 4. The monoisotopic (exact) mass is 358 g/mol. The maximum absolute atomic E-state index is 12.9. The Labute approximate surface area is 158 Å². The molecule has 2 aromatic heterocycles. The van der Waals surface area contributed by atoms with Crippen LogP contribution < -0.4 is 5.32 Å². The number of benzene rings is 1. The largest absolute Gasteiger partial charge is 0.343 e. The first-order valence-electron chi connectivity index (χ1n) is 9.25. The predicted molar refractivity (Wildman–Crippen MR) is 104 cm³/mol. The highest BCUT2D eigenvalue weighted by Gasteiger charge is 2.34. The summed E-state index contributed by atoms with van der Waals surface area (Å²) in [7, 11) is 0. The third kappa shape index (κ3) is 4.03. The van der Waals surface area contributed by atoms with Gasteiger partial charge in [-0.05, 0) is 69.0 Å². The van der Waals surface area contributed by atoms with Crippen LogP contribution in [0.15, 0.2) is 54.6 Å². The first-order valence-corrected chi connectivity index (χ1v) is 9.25. The van der Waals surface area contributed by atoms with Crippen molar-refractivity contribution in [3.63, 3.8) is 0 Å². The summed E-state index contributed by atoms with van der Waals surface area (Å²) in [5, 5.41) is 11.5. The molecule has 1 amide bonds. The highest BCUT2D eigenvalue weighted by Crippen LogP contribution is 2.40. The molecule has 0 bridgehead atoms. The molecule has 27 heavy (non-hydrogen) atoms. The molecule has 5 nitrogen and oxygen atoms in total. The quantitative estimate of drug-likeness (QED) is 0.747. The predicted octanol–water partition coefficient (Wildman–Crippen LogP) is 4.04. The van der Waals surface area contributed by atoms with Gasteiger partial charge in [-0.2, -0.15) is 10.2 Å². The van der Waals surface area contributed by atoms with Crippen molar-refractivity contribution in [1.29, 1.82) is 0 Å². The van der Waals surface area contributed by atoms with E-state index >= 15 is 0 Å². The Bertz CT molecular complexity index is 964. The van der Waals surface area contributed by atoms with E-state index in [9.17, 15) is 4.79 Å². The topological polar surface area (TPSA) is 67.8 Å². The zero-order chi connectivity index (χ0) is 18.8. The lowest BCUT2D eigenvalue weighted by Gasteiger charge is -2.18. The lowest BCUT2D eigenvalue weighted by Crippen LogP contribution is -2.30. The lowest BCUT2D eigenvalue weighted by atomic mass is 10.0. The summed E-state index contributed by atoms with van der Waals surface area (Å²) in [5.74, 6) is 0.381. The van der Waals surface area contributed by atoms with E-state index in [0.717, 1.165) is 41.2 Å². The number of nitrogens with one attached hydrogen (secondary N) is 1. The van der Waals surface area contributed by atoms with Crippen LogP contribution in [0.4, 0.5) is 0 Å². The van der Waals surface area contributed by atoms with Crippen LogP contribution in [0.3, 0.4) is 0 Å². The molecular weight excluding hydrogens is 336 g/mol. The summed E-state index contributed by atoms with van der Waals surface area (Å²) in [5.41, 5.74) is 5.03. The van der Waals surface area contributed by atoms with Gasteiger partial charge in [0.05, 0.1) is 23.1 Å². The Hall–Kier alpha value is -3.08. The Balaban J connectivity index is 1.57. The molecule has 1 N–H and O–H groups in total. The number of nitrogens with zero attached hydrogens (tertiary/aromatic N) is 3. The normalized spacial score (nSPS) is 14.6. The van der Waals surface area contributed by atoms with Crippen LogP contribution in [0.1, 0.15) is 46.3 Å². The first kappa shape index (κ1) is 17.3. The standard InChI is InChI=1S/C22H22N4O/c1-14-5-3-8-20(23-14)21(16-10-11-16)24-22(27)18-7-4-6-17(13-18)19-12-9-15(2)25-26-19/h3-9,12-13,16,21H,10-11H2,1-2H3,(H,24,27). The van der Waals surface area contributed by atoms with Crippen LogP contribution in [0.2, 0.25) is 0 Å². The second-order valence-corrected chi connectivity index (χ2v) is 7.13. The molecule has 1 aromatic carbocycles. The average molecular weight is 358 g/mol. The van der Waals surface area contributed by atoms with Crippen LogP contribution in [0, 0.1) is 19.8 Å². The first-order chi connectivity index (χ1) is 13.1. The van der Waals surface area contributed by atoms with E-state index in [4.69, 9.17) is 0 Å². The number of pyridine rings is 1. The Morgan fingerprint density at radius 2 is 1.81 bits per heavy atom. The third-order valence-electron chi connectivity index (χ3n) is 4.83. The molecule has 1 aliphatic rings. The minimum Gasteiger partial charge on any atom is -0.343 e. The van der Waals surface area contributed by atoms with Gasteiger partial charge in [0.15, 0.2) is 0 Å². The Morgan fingerprint density at radius 3 is 2.52 bits per heavy atom. The van der Waals surface area contributed by atoms with E-state index in [1.807, 2.05) is 68.4 Å². The fourth-order valence-corrected chi connectivity index (χ4v) is 3.20. The molecule has 1 saturated carbocycles. The van der Waals surface area contributed by atoms with Gasteiger partial charge in [0.1, 0.15) is 0 Å². The Kier molecular flexibility index (Phi) is 4.67. The lowest BCUT2D eigenvalue weighted by molar-refractivity contribution is 0.0930. The number of aromatic nitrogens is 3. The highest BCUT2D eigenvalue weighted by molar-refractivity contribution is 5.95. The summed E-state index contributed by atoms with van der Waals surface area (Å²) < 4.78 is 0. The fraction of sp³-hybridized carbons (Fsp3) is 0.273. The molecule has 5 heteroatoms. The second kappa shape index (κ2) is 7.27. The van der Waals surface area contributed by atoms with Crippen molar-refractivity contribution in [2.45, 2.75) is 32.7 Å². The van der Waals surface area contributed by atoms with Gasteiger partial charge < -0.3 is 5.32 Å². The molecule has 136 valence electrons. The van der Waals surface area contributed by atoms with Crippen molar-refractivity contribution in [2.75, 3.05) is 0 Å². The molecule has 1 atom stereocenters. The molecule has 4 rings (SSSR count).